The molecular weight excluding hydrogens is 216 g/mol. The van der Waals surface area contributed by atoms with E-state index in [-0.39, 0.29) is 75.6 Å². The molecule has 0 atom stereocenters. The van der Waals surface area contributed by atoms with Gasteiger partial charge in [-0.15, -0.1) is 0 Å². The average Bonchev–Trinajstić information content (AvgIpc) is 2.12. The summed E-state index contributed by atoms with van der Waals surface area (Å²) >= 11 is 0. The number of anilines is 1. The van der Waals surface area contributed by atoms with Crippen molar-refractivity contribution in [3.8, 4) is 0 Å². The molecule has 0 saturated carbocycles. The van der Waals surface area contributed by atoms with Crippen LogP contribution in [-0.2, 0) is 0 Å². The van der Waals surface area contributed by atoms with Gasteiger partial charge in [-0.2, -0.15) is 0 Å². The molecule has 15 heavy (non-hydrogen) atoms. The van der Waals surface area contributed by atoms with Crippen LogP contribution in [0.25, 0.3) is 10.8 Å². The Balaban J connectivity index is 0.000000980. The molecule has 0 aliphatic heterocycles. The van der Waals surface area contributed by atoms with Crippen LogP contribution in [0.5, 0.6) is 0 Å². The van der Waals surface area contributed by atoms with E-state index in [4.69, 9.17) is 5.73 Å². The quantitative estimate of drug-likeness (QED) is 0.376. The van der Waals surface area contributed by atoms with Gasteiger partial charge in [-0.05, 0) is 12.1 Å². The SMILES string of the molecule is Nc1cccc2c(=O)[nH][nH]c(=O)c12.[NaH].[NaH]. The fourth-order valence-corrected chi connectivity index (χ4v) is 1.26. The Bertz CT molecular complexity index is 576. The topological polar surface area (TPSA) is 91.7 Å². The van der Waals surface area contributed by atoms with E-state index in [1.54, 1.807) is 18.2 Å². The van der Waals surface area contributed by atoms with Gasteiger partial charge >= 0.3 is 59.1 Å². The molecule has 1 aromatic carbocycles. The molecule has 0 spiro atoms. The van der Waals surface area contributed by atoms with E-state index in [1.165, 1.54) is 0 Å². The fourth-order valence-electron chi connectivity index (χ4n) is 1.26. The first-order chi connectivity index (χ1) is 6.20. The van der Waals surface area contributed by atoms with Crippen LogP contribution in [0.1, 0.15) is 0 Å². The molecule has 0 amide bonds. The van der Waals surface area contributed by atoms with Gasteiger partial charge in [0.15, 0.2) is 0 Å². The zero-order valence-electron chi connectivity index (χ0n) is 6.63. The summed E-state index contributed by atoms with van der Waals surface area (Å²) in [5.41, 5.74) is 5.14. The van der Waals surface area contributed by atoms with Crippen LogP contribution in [0.15, 0.2) is 27.8 Å². The zero-order chi connectivity index (χ0) is 9.42. The third kappa shape index (κ3) is 2.75. The van der Waals surface area contributed by atoms with E-state index in [1.807, 2.05) is 0 Å². The van der Waals surface area contributed by atoms with Crippen molar-refractivity contribution < 1.29 is 0 Å². The number of nitrogens with two attached hydrogens (primary N) is 1. The molecule has 2 aromatic rings. The van der Waals surface area contributed by atoms with Gasteiger partial charge in [0.1, 0.15) is 0 Å². The minimum atomic E-state index is -0.382. The average molecular weight is 225 g/mol. The van der Waals surface area contributed by atoms with Gasteiger partial charge in [-0.1, -0.05) is 6.07 Å². The Hall–Kier alpha value is -0.0400. The van der Waals surface area contributed by atoms with Crippen LogP contribution >= 0.6 is 0 Å². The molecule has 2 rings (SSSR count). The number of rotatable bonds is 0. The molecule has 0 radical (unpaired) electrons. The number of hydrogen-bond donors (Lipinski definition) is 3. The third-order valence-corrected chi connectivity index (χ3v) is 1.86. The van der Waals surface area contributed by atoms with E-state index < -0.39 is 0 Å². The van der Waals surface area contributed by atoms with Gasteiger partial charge in [0.2, 0.25) is 0 Å². The van der Waals surface area contributed by atoms with Crippen molar-refractivity contribution in [2.24, 2.45) is 0 Å². The Morgan fingerprint density at radius 2 is 1.60 bits per heavy atom. The van der Waals surface area contributed by atoms with Gasteiger partial charge in [0.25, 0.3) is 11.1 Å². The zero-order valence-corrected chi connectivity index (χ0v) is 6.63. The first-order valence-electron chi connectivity index (χ1n) is 3.69. The second-order valence-electron chi connectivity index (χ2n) is 2.68. The van der Waals surface area contributed by atoms with Crippen molar-refractivity contribution in [3.63, 3.8) is 0 Å². The summed E-state index contributed by atoms with van der Waals surface area (Å²) in [6.45, 7) is 0. The summed E-state index contributed by atoms with van der Waals surface area (Å²) in [5, 5.41) is 4.98. The predicted molar refractivity (Wildman–Crippen MR) is 63.9 cm³/mol. The van der Waals surface area contributed by atoms with Crippen molar-refractivity contribution in [1.82, 2.24) is 10.2 Å². The van der Waals surface area contributed by atoms with Crippen LogP contribution in [-0.4, -0.2) is 69.3 Å². The number of benzene rings is 1. The number of aromatic amines is 2. The van der Waals surface area contributed by atoms with Crippen LogP contribution in [0, 0.1) is 0 Å². The van der Waals surface area contributed by atoms with E-state index in [0.29, 0.717) is 11.1 Å². The number of hydrogen-bond acceptors (Lipinski definition) is 3. The van der Waals surface area contributed by atoms with Gasteiger partial charge in [0.05, 0.1) is 10.8 Å². The van der Waals surface area contributed by atoms with Gasteiger partial charge in [-0.25, -0.2) is 0 Å². The Morgan fingerprint density at radius 1 is 1.00 bits per heavy atom. The maximum atomic E-state index is 11.2. The second-order valence-corrected chi connectivity index (χ2v) is 2.68. The Labute approximate surface area is 129 Å². The molecule has 0 aliphatic carbocycles. The number of nitrogens with one attached hydrogen (secondary N) is 2. The second kappa shape index (κ2) is 5.89. The minimum absolute atomic E-state index is 0. The predicted octanol–water partition coefficient (Wildman–Crippen LogP) is -1.50. The summed E-state index contributed by atoms with van der Waals surface area (Å²) in [5.74, 6) is 0. The molecule has 7 heteroatoms. The van der Waals surface area contributed by atoms with Crippen molar-refractivity contribution in [2.75, 3.05) is 5.73 Å². The maximum absolute atomic E-state index is 11.2. The molecule has 0 fully saturated rings. The molecular formula is C8H9N3Na2O2. The normalized spacial score (nSPS) is 9.07. The molecule has 0 aliphatic rings. The molecule has 70 valence electrons. The summed E-state index contributed by atoms with van der Waals surface area (Å²) in [7, 11) is 0. The van der Waals surface area contributed by atoms with E-state index in [2.05, 4.69) is 10.2 Å². The standard InChI is InChI=1S/C8H7N3O2.2Na.2H/c9-5-3-1-2-4-6(5)8(13)11-10-7(4)12;;;;/h1-3H,9H2,(H,10,12)(H,11,13);;;;. The number of aromatic nitrogens is 2. The number of fused-ring (bicyclic) bond motifs is 1. The Kier molecular flexibility index (Phi) is 5.87. The molecule has 1 heterocycles. The van der Waals surface area contributed by atoms with Gasteiger partial charge in [0, 0.05) is 5.69 Å². The van der Waals surface area contributed by atoms with Gasteiger partial charge in [-0.3, -0.25) is 19.8 Å². The summed E-state index contributed by atoms with van der Waals surface area (Å²) < 4.78 is 0. The third-order valence-electron chi connectivity index (χ3n) is 1.86. The Morgan fingerprint density at radius 3 is 2.20 bits per heavy atom. The summed E-state index contributed by atoms with van der Waals surface area (Å²) in [6, 6.07) is 4.77. The molecule has 4 N–H and O–H groups in total. The van der Waals surface area contributed by atoms with Crippen molar-refractivity contribution >= 4 is 75.6 Å². The van der Waals surface area contributed by atoms with Crippen LogP contribution in [0.2, 0.25) is 0 Å². The van der Waals surface area contributed by atoms with E-state index in [9.17, 15) is 9.59 Å². The van der Waals surface area contributed by atoms with E-state index >= 15 is 0 Å². The van der Waals surface area contributed by atoms with Gasteiger partial charge < -0.3 is 5.73 Å². The molecule has 0 bridgehead atoms. The molecule has 1 aromatic heterocycles. The first kappa shape index (κ1) is 15.0. The van der Waals surface area contributed by atoms with Crippen LogP contribution in [0.4, 0.5) is 5.69 Å². The van der Waals surface area contributed by atoms with E-state index in [0.717, 1.165) is 0 Å². The molecule has 5 nitrogen and oxygen atoms in total. The summed E-state index contributed by atoms with van der Waals surface area (Å²) in [6.07, 6.45) is 0. The number of nitrogen functional groups attached to an aromatic ring is 1. The van der Waals surface area contributed by atoms with Crippen LogP contribution < -0.4 is 16.9 Å². The van der Waals surface area contributed by atoms with Crippen molar-refractivity contribution in [1.29, 1.82) is 0 Å². The van der Waals surface area contributed by atoms with Crippen molar-refractivity contribution in [3.05, 3.63) is 38.9 Å². The molecule has 0 unspecified atom stereocenters. The van der Waals surface area contributed by atoms with Crippen molar-refractivity contribution in [2.45, 2.75) is 0 Å². The number of H-pyrrole nitrogens is 2. The van der Waals surface area contributed by atoms with Crippen LogP contribution in [0.3, 0.4) is 0 Å². The molecule has 0 saturated heterocycles. The first-order valence-corrected chi connectivity index (χ1v) is 3.69. The monoisotopic (exact) mass is 225 g/mol. The summed E-state index contributed by atoms with van der Waals surface area (Å²) in [4.78, 5) is 22.4. The fraction of sp³-hybridized carbons (Fsp3) is 0.